The smallest absolute Gasteiger partial charge is 0.319 e. The third-order valence-corrected chi connectivity index (χ3v) is 11.0. The zero-order chi connectivity index (χ0) is 35.7. The molecule has 5 aromatic rings. The Hall–Kier alpha value is -4.89. The van der Waals surface area contributed by atoms with E-state index in [-0.39, 0.29) is 41.9 Å². The maximum absolute atomic E-state index is 15.7. The molecular weight excluding hydrogens is 689 g/mol. The summed E-state index contributed by atoms with van der Waals surface area (Å²) in [5.41, 5.74) is 10.8. The molecule has 13 nitrogen and oxygen atoms in total. The van der Waals surface area contributed by atoms with E-state index in [1.165, 1.54) is 11.1 Å². The van der Waals surface area contributed by atoms with E-state index >= 15 is 4.39 Å². The maximum atomic E-state index is 15.7. The number of benzene rings is 3. The van der Waals surface area contributed by atoms with Crippen molar-refractivity contribution in [1.29, 1.82) is 0 Å². The molecule has 0 spiro atoms. The molecule has 4 aliphatic rings. The molecule has 3 saturated heterocycles. The fourth-order valence-electron chi connectivity index (χ4n) is 8.06. The Kier molecular flexibility index (Phi) is 8.22. The van der Waals surface area contributed by atoms with Gasteiger partial charge in [0, 0.05) is 61.2 Å². The average Bonchev–Trinajstić information content (AvgIpc) is 3.86. The molecular formula is C37H39ClFN9O4. The van der Waals surface area contributed by atoms with E-state index in [9.17, 15) is 0 Å². The molecule has 3 unspecified atom stereocenters. The number of hydrogen-bond acceptors (Lipinski definition) is 12. The van der Waals surface area contributed by atoms with Crippen LogP contribution in [-0.2, 0) is 11.3 Å². The van der Waals surface area contributed by atoms with Gasteiger partial charge < -0.3 is 39.9 Å². The van der Waals surface area contributed by atoms with Crippen LogP contribution >= 0.6 is 11.6 Å². The van der Waals surface area contributed by atoms with E-state index in [1.807, 2.05) is 24.3 Å². The summed E-state index contributed by atoms with van der Waals surface area (Å²) in [6.45, 7) is 4.26. The summed E-state index contributed by atoms with van der Waals surface area (Å²) >= 11 is 7.49. The van der Waals surface area contributed by atoms with Crippen molar-refractivity contribution in [2.75, 3.05) is 38.3 Å². The first kappa shape index (κ1) is 33.0. The summed E-state index contributed by atoms with van der Waals surface area (Å²) < 4.78 is 41.3. The topological polar surface area (TPSA) is 162 Å². The number of nitrogens with zero attached hydrogens (tertiary/aromatic N) is 5. The molecule has 0 amide bonds. The van der Waals surface area contributed by atoms with Gasteiger partial charge in [0.1, 0.15) is 36.5 Å². The summed E-state index contributed by atoms with van der Waals surface area (Å²) in [6, 6.07) is 9.79. The first-order valence-corrected chi connectivity index (χ1v) is 17.9. The van der Waals surface area contributed by atoms with Crippen LogP contribution in [0.3, 0.4) is 0 Å². The molecule has 9 rings (SSSR count). The number of ether oxygens (including phenoxy) is 4. The minimum Gasteiger partial charge on any atom is -0.489 e. The number of halogens is 2. The highest BCUT2D eigenvalue weighted by Gasteiger charge is 2.49. The van der Waals surface area contributed by atoms with Crippen LogP contribution in [0.1, 0.15) is 36.0 Å². The second kappa shape index (κ2) is 13.0. The lowest BCUT2D eigenvalue weighted by atomic mass is 9.93. The molecule has 2 aromatic heterocycles. The summed E-state index contributed by atoms with van der Waals surface area (Å²) in [5, 5.41) is 13.8. The molecule has 0 aliphatic carbocycles. The highest BCUT2D eigenvalue weighted by molar-refractivity contribution is 6.38. The van der Waals surface area contributed by atoms with Crippen LogP contribution in [-0.4, -0.2) is 82.8 Å². The van der Waals surface area contributed by atoms with Gasteiger partial charge in [-0.3, -0.25) is 5.10 Å². The number of nitrogens with one attached hydrogen (secondary N) is 2. The fraction of sp³-hybridized carbons (Fsp3) is 0.378. The second-order valence-corrected chi connectivity index (χ2v) is 14.3. The highest BCUT2D eigenvalue weighted by atomic mass is 35.5. The van der Waals surface area contributed by atoms with Crippen LogP contribution in [0.2, 0.25) is 5.02 Å². The lowest BCUT2D eigenvalue weighted by Crippen LogP contribution is -2.53. The number of rotatable bonds is 8. The van der Waals surface area contributed by atoms with E-state index in [0.717, 1.165) is 36.9 Å². The fourth-order valence-corrected chi connectivity index (χ4v) is 8.39. The molecule has 3 aromatic carbocycles. The second-order valence-electron chi connectivity index (χ2n) is 13.9. The van der Waals surface area contributed by atoms with Crippen LogP contribution in [0.15, 0.2) is 42.7 Å². The highest BCUT2D eigenvalue weighted by Crippen LogP contribution is 2.55. The Balaban J connectivity index is 1.27. The van der Waals surface area contributed by atoms with Gasteiger partial charge in [-0.2, -0.15) is 15.1 Å². The standard InChI is InChI=1S/C37H39ClFN9O4/c1-18-24(39)12-26-23(14-43-46-26)29(18)30-32(38)34-31-33(35(30)50-16-19-3-5-20(6-4-19)25(40)15-47(2)41)44-37(52-22-7-9-49-10-8-22)45-36(31)48-21-11-27(42-13-21)28(48)17-51-34/h3-6,12,14-15,21-22,27-28,42H,7-11,13,16-17,40-41H2,1-2H3,(H,43,46)/b25-15-. The molecule has 3 atom stereocenters. The van der Waals surface area contributed by atoms with Crippen molar-refractivity contribution in [1.82, 2.24) is 30.5 Å². The number of anilines is 1. The lowest BCUT2D eigenvalue weighted by molar-refractivity contribution is 0.0219. The van der Waals surface area contributed by atoms with Crippen molar-refractivity contribution in [2.45, 2.75) is 57.0 Å². The van der Waals surface area contributed by atoms with Gasteiger partial charge in [-0.1, -0.05) is 35.9 Å². The number of hydrazine groups is 1. The van der Waals surface area contributed by atoms with Crippen LogP contribution < -0.4 is 36.0 Å². The number of aromatic nitrogens is 4. The van der Waals surface area contributed by atoms with Crippen molar-refractivity contribution in [2.24, 2.45) is 11.6 Å². The minimum atomic E-state index is -0.416. The Morgan fingerprint density at radius 2 is 2.00 bits per heavy atom. The molecule has 3 fully saturated rings. The van der Waals surface area contributed by atoms with Gasteiger partial charge in [0.15, 0.2) is 11.5 Å². The summed E-state index contributed by atoms with van der Waals surface area (Å²) in [4.78, 5) is 12.5. The molecule has 4 aliphatic heterocycles. The minimum absolute atomic E-state index is 0.0135. The Bertz CT molecular complexity index is 2220. The van der Waals surface area contributed by atoms with Crippen molar-refractivity contribution in [3.63, 3.8) is 0 Å². The predicted octanol–water partition coefficient (Wildman–Crippen LogP) is 4.78. The SMILES string of the molecule is Cc1c(F)cc2[nH]ncc2c1-c1c(Cl)c2c3c(nc(OC4CCOCC4)nc3c1OCc1ccc(/C(N)=C/N(C)N)cc1)N1C3CNC(C3)C1CO2. The first-order valence-electron chi connectivity index (χ1n) is 17.5. The number of H-pyrrole nitrogens is 1. The maximum Gasteiger partial charge on any atom is 0.319 e. The van der Waals surface area contributed by atoms with Crippen molar-refractivity contribution < 1.29 is 23.3 Å². The molecule has 2 bridgehead atoms. The molecule has 0 saturated carbocycles. The average molecular weight is 728 g/mol. The van der Waals surface area contributed by atoms with E-state index in [1.54, 1.807) is 26.4 Å². The van der Waals surface area contributed by atoms with Crippen molar-refractivity contribution >= 4 is 44.9 Å². The zero-order valence-corrected chi connectivity index (χ0v) is 29.5. The van der Waals surface area contributed by atoms with Gasteiger partial charge in [-0.15, -0.1) is 0 Å². The first-order chi connectivity index (χ1) is 25.2. The molecule has 15 heteroatoms. The number of nitrogens with two attached hydrogens (primary N) is 2. The lowest BCUT2D eigenvalue weighted by Gasteiger charge is -2.35. The van der Waals surface area contributed by atoms with E-state index in [4.69, 9.17) is 52.1 Å². The van der Waals surface area contributed by atoms with Crippen molar-refractivity contribution in [3.05, 3.63) is 70.3 Å². The molecule has 6 N–H and O–H groups in total. The van der Waals surface area contributed by atoms with E-state index < -0.39 is 5.82 Å². The summed E-state index contributed by atoms with van der Waals surface area (Å²) in [6.07, 6.45) is 5.61. The number of aromatic amines is 1. The molecule has 270 valence electrons. The number of piperazine rings is 1. The van der Waals surface area contributed by atoms with Crippen molar-refractivity contribution in [3.8, 4) is 28.6 Å². The zero-order valence-electron chi connectivity index (χ0n) is 28.8. The van der Waals surface area contributed by atoms with E-state index in [0.29, 0.717) is 81.3 Å². The van der Waals surface area contributed by atoms with Gasteiger partial charge >= 0.3 is 6.01 Å². The van der Waals surface area contributed by atoms with Crippen LogP contribution in [0.5, 0.6) is 17.5 Å². The third kappa shape index (κ3) is 5.52. The van der Waals surface area contributed by atoms with Gasteiger partial charge in [-0.05, 0) is 36.1 Å². The third-order valence-electron chi connectivity index (χ3n) is 10.6. The monoisotopic (exact) mass is 727 g/mol. The molecule has 52 heavy (non-hydrogen) atoms. The van der Waals surface area contributed by atoms with E-state index in [2.05, 4.69) is 20.4 Å². The van der Waals surface area contributed by atoms with Gasteiger partial charge in [0.2, 0.25) is 0 Å². The van der Waals surface area contributed by atoms with Gasteiger partial charge in [-0.25, -0.2) is 10.2 Å². The van der Waals surface area contributed by atoms with Gasteiger partial charge in [0.25, 0.3) is 0 Å². The van der Waals surface area contributed by atoms with Crippen LogP contribution in [0.25, 0.3) is 38.6 Å². The largest absolute Gasteiger partial charge is 0.489 e. The van der Waals surface area contributed by atoms with Crippen LogP contribution in [0, 0.1) is 12.7 Å². The summed E-state index contributed by atoms with van der Waals surface area (Å²) in [5.74, 6) is 6.83. The predicted molar refractivity (Wildman–Crippen MR) is 196 cm³/mol. The number of fused-ring (bicyclic) bond motifs is 7. The Morgan fingerprint density at radius 3 is 2.79 bits per heavy atom. The Labute approximate surface area is 304 Å². The summed E-state index contributed by atoms with van der Waals surface area (Å²) in [7, 11) is 1.71. The molecule has 6 heterocycles. The Morgan fingerprint density at radius 1 is 1.19 bits per heavy atom. The number of hydrogen-bond donors (Lipinski definition) is 4. The van der Waals surface area contributed by atoms with Crippen LogP contribution in [0.4, 0.5) is 10.2 Å². The normalized spacial score (nSPS) is 21.4. The van der Waals surface area contributed by atoms with Gasteiger partial charge in [0.05, 0.1) is 47.1 Å². The quantitative estimate of drug-likeness (QED) is 0.128. The molecule has 0 radical (unpaired) electrons.